The number of amides is 3. The summed E-state index contributed by atoms with van der Waals surface area (Å²) < 4.78 is 38.1. The van der Waals surface area contributed by atoms with Crippen LogP contribution in [0.15, 0.2) is 24.3 Å². The van der Waals surface area contributed by atoms with Gasteiger partial charge in [0, 0.05) is 0 Å². The van der Waals surface area contributed by atoms with Gasteiger partial charge in [-0.3, -0.25) is 4.79 Å². The Morgan fingerprint density at radius 1 is 1.29 bits per heavy atom. The normalized spacial score (nSPS) is 19.3. The smallest absolute Gasteiger partial charge is 0.325 e. The van der Waals surface area contributed by atoms with Gasteiger partial charge in [-0.2, -0.15) is 13.2 Å². The van der Waals surface area contributed by atoms with Crippen molar-refractivity contribution in [1.82, 2.24) is 5.32 Å². The number of hydrogen-bond donors (Lipinski definition) is 1. The van der Waals surface area contributed by atoms with Gasteiger partial charge in [0.05, 0.1) is 11.3 Å². The molecule has 1 fully saturated rings. The summed E-state index contributed by atoms with van der Waals surface area (Å²) in [7, 11) is 0. The van der Waals surface area contributed by atoms with Gasteiger partial charge in [0.1, 0.15) is 6.04 Å². The first-order valence-electron chi connectivity index (χ1n) is 6.52. The molecular formula is C14H15F3N2O2. The third-order valence-electron chi connectivity index (χ3n) is 3.16. The van der Waals surface area contributed by atoms with E-state index in [1.165, 1.54) is 12.1 Å². The molecule has 1 aromatic rings. The van der Waals surface area contributed by atoms with Crippen molar-refractivity contribution in [1.29, 1.82) is 0 Å². The van der Waals surface area contributed by atoms with E-state index in [9.17, 15) is 22.8 Å². The number of anilines is 1. The maximum atomic E-state index is 12.7. The van der Waals surface area contributed by atoms with Crippen molar-refractivity contribution in [2.45, 2.75) is 32.5 Å². The summed E-state index contributed by atoms with van der Waals surface area (Å²) in [5, 5.41) is 2.50. The van der Waals surface area contributed by atoms with Crippen LogP contribution < -0.4 is 10.2 Å². The molecule has 4 nitrogen and oxygen atoms in total. The second-order valence-corrected chi connectivity index (χ2v) is 5.35. The van der Waals surface area contributed by atoms with Gasteiger partial charge >= 0.3 is 12.2 Å². The molecule has 114 valence electrons. The van der Waals surface area contributed by atoms with Gasteiger partial charge in [-0.25, -0.2) is 9.69 Å². The zero-order valence-electron chi connectivity index (χ0n) is 11.6. The fraction of sp³-hybridized carbons (Fsp3) is 0.429. The summed E-state index contributed by atoms with van der Waals surface area (Å²) in [5.74, 6) is -0.339. The molecule has 1 aliphatic rings. The quantitative estimate of drug-likeness (QED) is 0.872. The van der Waals surface area contributed by atoms with E-state index in [-0.39, 0.29) is 11.6 Å². The van der Waals surface area contributed by atoms with Crippen LogP contribution in [-0.2, 0) is 11.0 Å². The van der Waals surface area contributed by atoms with Gasteiger partial charge in [-0.05, 0) is 30.5 Å². The molecule has 2 rings (SSSR count). The van der Waals surface area contributed by atoms with Crippen LogP contribution in [0.3, 0.4) is 0 Å². The van der Waals surface area contributed by atoms with E-state index in [1.54, 1.807) is 0 Å². The fourth-order valence-electron chi connectivity index (χ4n) is 2.23. The first kappa shape index (κ1) is 15.3. The van der Waals surface area contributed by atoms with Crippen molar-refractivity contribution in [3.63, 3.8) is 0 Å². The number of rotatable bonds is 3. The van der Waals surface area contributed by atoms with Crippen molar-refractivity contribution in [3.05, 3.63) is 29.8 Å². The maximum absolute atomic E-state index is 12.7. The van der Waals surface area contributed by atoms with Crippen LogP contribution in [0.2, 0.25) is 0 Å². The molecular weight excluding hydrogens is 285 g/mol. The molecule has 1 saturated heterocycles. The van der Waals surface area contributed by atoms with E-state index in [2.05, 4.69) is 5.32 Å². The molecule has 0 bridgehead atoms. The van der Waals surface area contributed by atoms with E-state index in [0.717, 1.165) is 17.0 Å². The number of alkyl halides is 3. The Kier molecular flexibility index (Phi) is 3.93. The number of nitrogens with zero attached hydrogens (tertiary/aromatic N) is 1. The van der Waals surface area contributed by atoms with Crippen LogP contribution in [0, 0.1) is 5.92 Å². The standard InChI is InChI=1S/C14H15F3N2O2/c1-8(2)6-11-12(20)19(13(21)18-11)10-5-3-4-9(7-10)14(15,16)17/h3-5,7-8,11H,6H2,1-2H3,(H,18,21)/t11-/m1/s1. The third-order valence-corrected chi connectivity index (χ3v) is 3.16. The highest BCUT2D eigenvalue weighted by atomic mass is 19.4. The number of imide groups is 1. The lowest BCUT2D eigenvalue weighted by Crippen LogP contribution is -2.32. The average molecular weight is 300 g/mol. The molecule has 1 heterocycles. The van der Waals surface area contributed by atoms with Crippen molar-refractivity contribution in [2.24, 2.45) is 5.92 Å². The van der Waals surface area contributed by atoms with Crippen LogP contribution in [0.1, 0.15) is 25.8 Å². The third kappa shape index (κ3) is 3.17. The first-order valence-corrected chi connectivity index (χ1v) is 6.52. The predicted molar refractivity (Wildman–Crippen MR) is 70.7 cm³/mol. The number of nitrogens with one attached hydrogen (secondary N) is 1. The topological polar surface area (TPSA) is 49.4 Å². The van der Waals surface area contributed by atoms with E-state index in [4.69, 9.17) is 0 Å². The van der Waals surface area contributed by atoms with Crippen molar-refractivity contribution in [2.75, 3.05) is 4.90 Å². The monoisotopic (exact) mass is 300 g/mol. The van der Waals surface area contributed by atoms with E-state index >= 15 is 0 Å². The summed E-state index contributed by atoms with van der Waals surface area (Å²) in [5.41, 5.74) is -0.966. The van der Waals surface area contributed by atoms with E-state index < -0.39 is 29.7 Å². The minimum absolute atomic E-state index is 0.0708. The zero-order valence-corrected chi connectivity index (χ0v) is 11.6. The molecule has 3 amide bonds. The Labute approximate surface area is 119 Å². The molecule has 1 aromatic carbocycles. The number of carbonyl (C=O) groups excluding carboxylic acids is 2. The number of halogens is 3. The number of benzene rings is 1. The van der Waals surface area contributed by atoms with Gasteiger partial charge in [0.25, 0.3) is 5.91 Å². The maximum Gasteiger partial charge on any atom is 0.416 e. The Morgan fingerprint density at radius 3 is 2.52 bits per heavy atom. The second kappa shape index (κ2) is 5.38. The number of urea groups is 1. The molecule has 0 spiro atoms. The lowest BCUT2D eigenvalue weighted by molar-refractivity contribution is -0.137. The molecule has 0 unspecified atom stereocenters. The Hall–Kier alpha value is -2.05. The second-order valence-electron chi connectivity index (χ2n) is 5.35. The van der Waals surface area contributed by atoms with Gasteiger partial charge in [-0.1, -0.05) is 19.9 Å². The van der Waals surface area contributed by atoms with Crippen LogP contribution >= 0.6 is 0 Å². The highest BCUT2D eigenvalue weighted by Crippen LogP contribution is 2.32. The number of carbonyl (C=O) groups is 2. The Morgan fingerprint density at radius 2 is 1.95 bits per heavy atom. The van der Waals surface area contributed by atoms with E-state index in [0.29, 0.717) is 6.42 Å². The molecule has 0 saturated carbocycles. The lowest BCUT2D eigenvalue weighted by Gasteiger charge is -2.15. The summed E-state index contributed by atoms with van der Waals surface area (Å²) in [4.78, 5) is 24.8. The molecule has 21 heavy (non-hydrogen) atoms. The van der Waals surface area contributed by atoms with Crippen LogP contribution in [-0.4, -0.2) is 18.0 Å². The molecule has 0 radical (unpaired) electrons. The number of hydrogen-bond acceptors (Lipinski definition) is 2. The molecule has 1 aliphatic heterocycles. The zero-order chi connectivity index (χ0) is 15.8. The van der Waals surface area contributed by atoms with Crippen molar-refractivity contribution in [3.8, 4) is 0 Å². The van der Waals surface area contributed by atoms with Crippen LogP contribution in [0.25, 0.3) is 0 Å². The summed E-state index contributed by atoms with van der Waals surface area (Å²) in [6.45, 7) is 3.79. The summed E-state index contributed by atoms with van der Waals surface area (Å²) in [6.07, 6.45) is -4.08. The molecule has 7 heteroatoms. The molecule has 0 aliphatic carbocycles. The highest BCUT2D eigenvalue weighted by Gasteiger charge is 2.40. The van der Waals surface area contributed by atoms with Gasteiger partial charge in [0.15, 0.2) is 0 Å². The fourth-order valence-corrected chi connectivity index (χ4v) is 2.23. The molecule has 1 atom stereocenters. The highest BCUT2D eigenvalue weighted by molar-refractivity contribution is 6.21. The van der Waals surface area contributed by atoms with Crippen LogP contribution in [0.4, 0.5) is 23.7 Å². The minimum atomic E-state index is -4.52. The predicted octanol–water partition coefficient (Wildman–Crippen LogP) is 3.18. The van der Waals surface area contributed by atoms with Crippen LogP contribution in [0.5, 0.6) is 0 Å². The summed E-state index contributed by atoms with van der Waals surface area (Å²) >= 11 is 0. The minimum Gasteiger partial charge on any atom is -0.325 e. The average Bonchev–Trinajstić information content (AvgIpc) is 2.63. The largest absolute Gasteiger partial charge is 0.416 e. The Balaban J connectivity index is 2.30. The van der Waals surface area contributed by atoms with Gasteiger partial charge in [0.2, 0.25) is 0 Å². The van der Waals surface area contributed by atoms with Crippen molar-refractivity contribution >= 4 is 17.6 Å². The molecule has 1 N–H and O–H groups in total. The van der Waals surface area contributed by atoms with Crippen molar-refractivity contribution < 1.29 is 22.8 Å². The van der Waals surface area contributed by atoms with E-state index in [1.807, 2.05) is 13.8 Å². The Bertz CT molecular complexity index is 570. The van der Waals surface area contributed by atoms with Gasteiger partial charge in [-0.15, -0.1) is 0 Å². The lowest BCUT2D eigenvalue weighted by atomic mass is 10.0. The summed E-state index contributed by atoms with van der Waals surface area (Å²) in [6, 6.07) is 2.80. The first-order chi connectivity index (χ1) is 9.70. The SMILES string of the molecule is CC(C)C[C@H]1NC(=O)N(c2cccc(C(F)(F)F)c2)C1=O. The molecule has 0 aromatic heterocycles. The van der Waals surface area contributed by atoms with Gasteiger partial charge < -0.3 is 5.32 Å².